The van der Waals surface area contributed by atoms with Gasteiger partial charge in [-0.3, -0.25) is 0 Å². The number of nitrogens with zero attached hydrogens (tertiary/aromatic N) is 1. The van der Waals surface area contributed by atoms with Crippen LogP contribution in [0.4, 0.5) is 10.5 Å². The van der Waals surface area contributed by atoms with Crippen LogP contribution < -0.4 is 20.2 Å². The molecule has 2 amide bonds. The van der Waals surface area contributed by atoms with Gasteiger partial charge in [-0.1, -0.05) is 48.0 Å². The maximum Gasteiger partial charge on any atom is 0.339 e. The van der Waals surface area contributed by atoms with Crippen LogP contribution in [-0.4, -0.2) is 19.4 Å². The number of para-hydroxylation sites is 1. The molecule has 3 aromatic carbocycles. The number of anilines is 1. The average Bonchev–Trinajstić information content (AvgIpc) is 2.75. The van der Waals surface area contributed by atoms with Gasteiger partial charge in [-0.25, -0.2) is 10.2 Å². The Morgan fingerprint density at radius 2 is 1.90 bits per heavy atom. The Kier molecular flexibility index (Phi) is 8.13. The van der Waals surface area contributed by atoms with Crippen molar-refractivity contribution in [2.45, 2.75) is 13.5 Å². The molecule has 0 atom stereocenters. The van der Waals surface area contributed by atoms with Gasteiger partial charge in [-0.05, 0) is 64.9 Å². The van der Waals surface area contributed by atoms with Gasteiger partial charge in [-0.2, -0.15) is 5.10 Å². The Bertz CT molecular complexity index is 1110. The largest absolute Gasteiger partial charge is 0.493 e. The summed E-state index contributed by atoms with van der Waals surface area (Å²) in [4.78, 5) is 12.1. The lowest BCUT2D eigenvalue weighted by molar-refractivity contribution is 0.252. The van der Waals surface area contributed by atoms with E-state index in [2.05, 4.69) is 38.4 Å². The maximum absolute atomic E-state index is 12.1. The molecule has 0 heterocycles. The first-order valence-electron chi connectivity index (χ1n) is 9.37. The molecule has 0 aromatic heterocycles. The predicted molar refractivity (Wildman–Crippen MR) is 132 cm³/mol. The number of hydrazone groups is 1. The van der Waals surface area contributed by atoms with E-state index in [1.54, 1.807) is 19.4 Å². The third-order valence-corrected chi connectivity index (χ3v) is 5.52. The number of methoxy groups -OCH3 is 1. The molecule has 0 aliphatic heterocycles. The first-order chi connectivity index (χ1) is 15.0. The van der Waals surface area contributed by atoms with E-state index >= 15 is 0 Å². The Morgan fingerprint density at radius 3 is 2.65 bits per heavy atom. The quantitative estimate of drug-likeness (QED) is 0.216. The second-order valence-electron chi connectivity index (χ2n) is 6.55. The standard InChI is InChI=1S/C23H21ClIN3O3/c1-15-7-3-6-10-20(15)27-23(29)28-26-13-16-11-19(25)22(21(12-16)30-2)31-14-17-8-4-5-9-18(17)24/h3-13H,14H2,1-2H3,(H2,27,28,29). The van der Waals surface area contributed by atoms with Crippen LogP contribution >= 0.6 is 34.2 Å². The normalized spacial score (nSPS) is 10.7. The van der Waals surface area contributed by atoms with E-state index in [1.807, 2.05) is 61.5 Å². The molecule has 2 N–H and O–H groups in total. The van der Waals surface area contributed by atoms with Crippen molar-refractivity contribution < 1.29 is 14.3 Å². The first-order valence-corrected chi connectivity index (χ1v) is 10.8. The van der Waals surface area contributed by atoms with E-state index in [1.165, 1.54) is 0 Å². The number of carbonyl (C=O) groups is 1. The third kappa shape index (κ3) is 6.35. The van der Waals surface area contributed by atoms with Crippen LogP contribution in [0.3, 0.4) is 0 Å². The third-order valence-electron chi connectivity index (χ3n) is 4.35. The maximum atomic E-state index is 12.1. The number of carbonyl (C=O) groups excluding carboxylic acids is 1. The minimum Gasteiger partial charge on any atom is -0.493 e. The van der Waals surface area contributed by atoms with E-state index < -0.39 is 6.03 Å². The lowest BCUT2D eigenvalue weighted by atomic mass is 10.2. The molecule has 0 aliphatic rings. The molecule has 0 aliphatic carbocycles. The number of ether oxygens (including phenoxy) is 2. The number of benzene rings is 3. The van der Waals surface area contributed by atoms with Gasteiger partial charge < -0.3 is 14.8 Å². The molecule has 3 aromatic rings. The number of hydrogen-bond acceptors (Lipinski definition) is 4. The highest BCUT2D eigenvalue weighted by Gasteiger charge is 2.12. The van der Waals surface area contributed by atoms with Gasteiger partial charge in [0.15, 0.2) is 11.5 Å². The van der Waals surface area contributed by atoms with Crippen molar-refractivity contribution in [2.24, 2.45) is 5.10 Å². The number of nitrogens with one attached hydrogen (secondary N) is 2. The number of amides is 2. The summed E-state index contributed by atoms with van der Waals surface area (Å²) in [6, 6.07) is 18.3. The number of rotatable bonds is 7. The van der Waals surface area contributed by atoms with Crippen molar-refractivity contribution in [3.8, 4) is 11.5 Å². The summed E-state index contributed by atoms with van der Waals surface area (Å²) < 4.78 is 12.3. The van der Waals surface area contributed by atoms with Crippen LogP contribution in [0.25, 0.3) is 0 Å². The lowest BCUT2D eigenvalue weighted by Gasteiger charge is -2.14. The van der Waals surface area contributed by atoms with Crippen molar-refractivity contribution in [1.82, 2.24) is 5.43 Å². The van der Waals surface area contributed by atoms with Gasteiger partial charge in [-0.15, -0.1) is 0 Å². The lowest BCUT2D eigenvalue weighted by Crippen LogP contribution is -2.24. The van der Waals surface area contributed by atoms with Gasteiger partial charge >= 0.3 is 6.03 Å². The first kappa shape index (κ1) is 22.9. The summed E-state index contributed by atoms with van der Waals surface area (Å²) in [6.45, 7) is 2.24. The molecule has 0 fully saturated rings. The summed E-state index contributed by atoms with van der Waals surface area (Å²) in [5.74, 6) is 1.18. The van der Waals surface area contributed by atoms with E-state index in [-0.39, 0.29) is 0 Å². The fourth-order valence-electron chi connectivity index (χ4n) is 2.75. The summed E-state index contributed by atoms with van der Waals surface area (Å²) >= 11 is 8.37. The minimum atomic E-state index is -0.424. The van der Waals surface area contributed by atoms with Gasteiger partial charge in [0.05, 0.1) is 16.9 Å². The van der Waals surface area contributed by atoms with Crippen molar-refractivity contribution in [2.75, 3.05) is 12.4 Å². The highest BCUT2D eigenvalue weighted by Crippen LogP contribution is 2.34. The number of aryl methyl sites for hydroxylation is 1. The Hall–Kier alpha value is -2.78. The van der Waals surface area contributed by atoms with Crippen molar-refractivity contribution in [3.63, 3.8) is 0 Å². The smallest absolute Gasteiger partial charge is 0.339 e. The Morgan fingerprint density at radius 1 is 1.16 bits per heavy atom. The SMILES string of the molecule is COc1cc(C=NNC(=O)Nc2ccccc2C)cc(I)c1OCc1ccccc1Cl. The number of halogens is 2. The Balaban J connectivity index is 1.65. The van der Waals surface area contributed by atoms with Crippen LogP contribution in [0.15, 0.2) is 65.8 Å². The summed E-state index contributed by atoms with van der Waals surface area (Å²) in [5.41, 5.74) is 5.79. The highest BCUT2D eigenvalue weighted by molar-refractivity contribution is 14.1. The second-order valence-corrected chi connectivity index (χ2v) is 8.12. The van der Waals surface area contributed by atoms with Gasteiger partial charge in [0, 0.05) is 16.3 Å². The van der Waals surface area contributed by atoms with Crippen molar-refractivity contribution in [1.29, 1.82) is 0 Å². The van der Waals surface area contributed by atoms with Crippen LogP contribution in [0.2, 0.25) is 5.02 Å². The molecule has 0 saturated heterocycles. The molecule has 0 saturated carbocycles. The van der Waals surface area contributed by atoms with Crippen LogP contribution in [0.5, 0.6) is 11.5 Å². The zero-order valence-electron chi connectivity index (χ0n) is 17.0. The van der Waals surface area contributed by atoms with Crippen LogP contribution in [0, 0.1) is 10.5 Å². The zero-order valence-corrected chi connectivity index (χ0v) is 19.9. The van der Waals surface area contributed by atoms with E-state index in [0.717, 1.165) is 25.9 Å². The summed E-state index contributed by atoms with van der Waals surface area (Å²) in [6.07, 6.45) is 1.54. The highest BCUT2D eigenvalue weighted by atomic mass is 127. The summed E-state index contributed by atoms with van der Waals surface area (Å²) in [7, 11) is 1.57. The molecule has 160 valence electrons. The number of urea groups is 1. The number of hydrogen-bond donors (Lipinski definition) is 2. The predicted octanol–water partition coefficient (Wildman–Crippen LogP) is 6.00. The Labute approximate surface area is 199 Å². The summed E-state index contributed by atoms with van der Waals surface area (Å²) in [5, 5.41) is 7.42. The van der Waals surface area contributed by atoms with Gasteiger partial charge in [0.25, 0.3) is 0 Å². The van der Waals surface area contributed by atoms with Crippen LogP contribution in [0.1, 0.15) is 16.7 Å². The van der Waals surface area contributed by atoms with Crippen molar-refractivity contribution >= 4 is 52.1 Å². The van der Waals surface area contributed by atoms with Gasteiger partial charge in [0.1, 0.15) is 6.61 Å². The molecule has 31 heavy (non-hydrogen) atoms. The average molecular weight is 550 g/mol. The fraction of sp³-hybridized carbons (Fsp3) is 0.130. The van der Waals surface area contributed by atoms with Crippen LogP contribution in [-0.2, 0) is 6.61 Å². The van der Waals surface area contributed by atoms with E-state index in [0.29, 0.717) is 23.1 Å². The fourth-order valence-corrected chi connectivity index (χ4v) is 3.72. The molecule has 3 rings (SSSR count). The zero-order chi connectivity index (χ0) is 22.2. The monoisotopic (exact) mass is 549 g/mol. The molecule has 0 spiro atoms. The molecule has 0 unspecified atom stereocenters. The molecule has 6 nitrogen and oxygen atoms in total. The minimum absolute atomic E-state index is 0.320. The van der Waals surface area contributed by atoms with E-state index in [4.69, 9.17) is 21.1 Å². The molecular weight excluding hydrogens is 529 g/mol. The molecule has 8 heteroatoms. The molecule has 0 bridgehead atoms. The second kappa shape index (κ2) is 11.0. The topological polar surface area (TPSA) is 72.0 Å². The molecular formula is C23H21ClIN3O3. The van der Waals surface area contributed by atoms with Crippen molar-refractivity contribution in [3.05, 3.63) is 85.9 Å². The van der Waals surface area contributed by atoms with E-state index in [9.17, 15) is 4.79 Å². The van der Waals surface area contributed by atoms with Gasteiger partial charge in [0.2, 0.25) is 0 Å². The molecule has 0 radical (unpaired) electrons.